The molecule has 0 aromatic carbocycles. The molecule has 0 aromatic heterocycles. The summed E-state index contributed by atoms with van der Waals surface area (Å²) in [4.78, 5) is 0. The number of rotatable bonds is 0. The summed E-state index contributed by atoms with van der Waals surface area (Å²) in [5.41, 5.74) is 0.227. The molecule has 4 heteroatoms. The van der Waals surface area contributed by atoms with E-state index in [9.17, 15) is 10.2 Å². The molecule has 132 valence electrons. The van der Waals surface area contributed by atoms with E-state index in [0.717, 1.165) is 32.1 Å². The third-order valence-corrected chi connectivity index (χ3v) is 10.4. The van der Waals surface area contributed by atoms with Crippen molar-refractivity contribution in [1.29, 1.82) is 0 Å². The van der Waals surface area contributed by atoms with Crippen molar-refractivity contribution in [2.45, 2.75) is 87.4 Å². The second-order valence-electron chi connectivity index (χ2n) is 9.48. The normalized spacial score (nSPS) is 62.3. The van der Waals surface area contributed by atoms with Crippen LogP contribution in [0.3, 0.4) is 0 Å². The number of aliphatic hydroxyl groups excluding tert-OH is 2. The van der Waals surface area contributed by atoms with Gasteiger partial charge in [0.25, 0.3) is 0 Å². The van der Waals surface area contributed by atoms with Crippen molar-refractivity contribution in [3.8, 4) is 0 Å². The Kier molecular flexibility index (Phi) is 3.94. The standard InChI is InChI=1S/C19H32O2S2/c1-17-7-6-14-12(13(17)3-4-15(17)21)5-8-19(23)10-11(20)9-16(22)18(14,19)2/h11-16,20-23H,3-10H2,1-2H3/t11-,12-,13-,14-,15-,16+,17-,18-,19+/m0/s1. The van der Waals surface area contributed by atoms with E-state index in [1.807, 2.05) is 0 Å². The molecule has 0 aliphatic heterocycles. The third kappa shape index (κ3) is 2.10. The zero-order valence-electron chi connectivity index (χ0n) is 14.4. The van der Waals surface area contributed by atoms with Crippen molar-refractivity contribution in [3.63, 3.8) is 0 Å². The lowest BCUT2D eigenvalue weighted by molar-refractivity contribution is -0.118. The van der Waals surface area contributed by atoms with E-state index < -0.39 is 0 Å². The predicted octanol–water partition coefficient (Wildman–Crippen LogP) is 3.71. The van der Waals surface area contributed by atoms with Gasteiger partial charge in [-0.25, -0.2) is 0 Å². The Hall–Kier alpha value is 0.620. The number of aliphatic hydroxyl groups is 2. The van der Waals surface area contributed by atoms with Gasteiger partial charge in [-0.05, 0) is 80.0 Å². The van der Waals surface area contributed by atoms with Crippen LogP contribution in [0.5, 0.6) is 0 Å². The maximum atomic E-state index is 10.5. The van der Waals surface area contributed by atoms with Gasteiger partial charge in [0.15, 0.2) is 0 Å². The van der Waals surface area contributed by atoms with E-state index in [2.05, 4.69) is 13.8 Å². The summed E-state index contributed by atoms with van der Waals surface area (Å²) < 4.78 is -0.0801. The Balaban J connectivity index is 1.70. The molecule has 2 N–H and O–H groups in total. The summed E-state index contributed by atoms with van der Waals surface area (Å²) in [7, 11) is 0. The van der Waals surface area contributed by atoms with Crippen molar-refractivity contribution in [3.05, 3.63) is 0 Å². The molecule has 4 aliphatic carbocycles. The van der Waals surface area contributed by atoms with Gasteiger partial charge in [-0.15, -0.1) is 0 Å². The van der Waals surface area contributed by atoms with E-state index >= 15 is 0 Å². The minimum Gasteiger partial charge on any atom is -0.393 e. The zero-order valence-corrected chi connectivity index (χ0v) is 16.2. The Morgan fingerprint density at radius 3 is 2.43 bits per heavy atom. The van der Waals surface area contributed by atoms with E-state index in [1.165, 1.54) is 19.3 Å². The molecule has 0 unspecified atom stereocenters. The van der Waals surface area contributed by atoms with Crippen molar-refractivity contribution in [2.24, 2.45) is 28.6 Å². The maximum absolute atomic E-state index is 10.5. The van der Waals surface area contributed by atoms with E-state index in [1.54, 1.807) is 0 Å². The second-order valence-corrected chi connectivity index (χ2v) is 11.0. The summed E-state index contributed by atoms with van der Waals surface area (Å²) in [6.45, 7) is 4.74. The fourth-order valence-electron chi connectivity index (χ4n) is 7.28. The quantitative estimate of drug-likeness (QED) is 0.500. The summed E-state index contributed by atoms with van der Waals surface area (Å²) in [6, 6.07) is 0. The van der Waals surface area contributed by atoms with E-state index in [4.69, 9.17) is 25.3 Å². The Morgan fingerprint density at radius 2 is 1.70 bits per heavy atom. The molecule has 4 saturated carbocycles. The highest BCUT2D eigenvalue weighted by Crippen LogP contribution is 2.69. The van der Waals surface area contributed by atoms with Crippen LogP contribution in [0.25, 0.3) is 0 Å². The summed E-state index contributed by atoms with van der Waals surface area (Å²) in [5.74, 6) is 2.02. The molecule has 0 heterocycles. The highest BCUT2D eigenvalue weighted by atomic mass is 32.1. The highest BCUT2D eigenvalue weighted by Gasteiger charge is 2.65. The van der Waals surface area contributed by atoms with Crippen LogP contribution >= 0.6 is 25.3 Å². The molecule has 0 radical (unpaired) electrons. The van der Waals surface area contributed by atoms with Gasteiger partial charge >= 0.3 is 0 Å². The summed E-state index contributed by atoms with van der Waals surface area (Å²) >= 11 is 10.2. The van der Waals surface area contributed by atoms with Crippen LogP contribution in [0.1, 0.15) is 65.2 Å². The minimum absolute atomic E-state index is 0.0801. The molecule has 4 fully saturated rings. The topological polar surface area (TPSA) is 40.5 Å². The monoisotopic (exact) mass is 356 g/mol. The largest absolute Gasteiger partial charge is 0.393 e. The van der Waals surface area contributed by atoms with Crippen LogP contribution in [-0.4, -0.2) is 32.4 Å². The number of fused-ring (bicyclic) bond motifs is 5. The fourth-order valence-corrected chi connectivity index (χ4v) is 8.73. The smallest absolute Gasteiger partial charge is 0.0596 e. The van der Waals surface area contributed by atoms with Crippen molar-refractivity contribution < 1.29 is 10.2 Å². The van der Waals surface area contributed by atoms with Crippen molar-refractivity contribution >= 4 is 25.3 Å². The van der Waals surface area contributed by atoms with Gasteiger partial charge in [0, 0.05) is 10.00 Å². The molecule has 4 rings (SSSR count). The van der Waals surface area contributed by atoms with Gasteiger partial charge in [0.2, 0.25) is 0 Å². The van der Waals surface area contributed by atoms with Gasteiger partial charge in [0.05, 0.1) is 12.2 Å². The highest BCUT2D eigenvalue weighted by molar-refractivity contribution is 7.82. The SMILES string of the molecule is C[C@]12CC[C@H]3[C@@H](CC[C@@]4(S)C[C@@H](O)C[C@@H](S)[C@]34C)[C@@H]1CC[C@@H]2O. The molecule has 0 spiro atoms. The summed E-state index contributed by atoms with van der Waals surface area (Å²) in [6.07, 6.45) is 8.07. The maximum Gasteiger partial charge on any atom is 0.0596 e. The lowest BCUT2D eigenvalue weighted by Gasteiger charge is -2.66. The molecule has 2 nitrogen and oxygen atoms in total. The number of hydrogen-bond acceptors (Lipinski definition) is 4. The lowest BCUT2D eigenvalue weighted by Crippen LogP contribution is -2.64. The Labute approximate surface area is 151 Å². The van der Waals surface area contributed by atoms with Gasteiger partial charge < -0.3 is 10.2 Å². The summed E-state index contributed by atoms with van der Waals surface area (Å²) in [5, 5.41) is 21.1. The second kappa shape index (κ2) is 5.31. The van der Waals surface area contributed by atoms with Gasteiger partial charge in [-0.3, -0.25) is 0 Å². The first-order chi connectivity index (χ1) is 10.7. The Morgan fingerprint density at radius 1 is 0.957 bits per heavy atom. The average molecular weight is 357 g/mol. The van der Waals surface area contributed by atoms with Crippen LogP contribution in [0.2, 0.25) is 0 Å². The molecular weight excluding hydrogens is 324 g/mol. The molecule has 23 heavy (non-hydrogen) atoms. The first-order valence-electron chi connectivity index (χ1n) is 9.49. The zero-order chi connectivity index (χ0) is 16.6. The van der Waals surface area contributed by atoms with Gasteiger partial charge in [-0.2, -0.15) is 25.3 Å². The molecule has 0 saturated heterocycles. The molecule has 0 aromatic rings. The van der Waals surface area contributed by atoms with Gasteiger partial charge in [0.1, 0.15) is 0 Å². The lowest BCUT2D eigenvalue weighted by atomic mass is 9.44. The molecule has 0 bridgehead atoms. The van der Waals surface area contributed by atoms with Crippen LogP contribution in [0.15, 0.2) is 0 Å². The fraction of sp³-hybridized carbons (Fsp3) is 1.00. The van der Waals surface area contributed by atoms with Crippen LogP contribution in [0, 0.1) is 28.6 Å². The molecule has 9 atom stereocenters. The molecular formula is C19H32O2S2. The first-order valence-corrected chi connectivity index (χ1v) is 10.5. The van der Waals surface area contributed by atoms with Crippen LogP contribution < -0.4 is 0 Å². The van der Waals surface area contributed by atoms with Gasteiger partial charge in [-0.1, -0.05) is 13.8 Å². The van der Waals surface area contributed by atoms with Crippen LogP contribution in [-0.2, 0) is 0 Å². The minimum atomic E-state index is -0.248. The van der Waals surface area contributed by atoms with E-state index in [-0.39, 0.29) is 33.0 Å². The number of hydrogen-bond donors (Lipinski definition) is 4. The van der Waals surface area contributed by atoms with Crippen LogP contribution in [0.4, 0.5) is 0 Å². The Bertz CT molecular complexity index is 500. The van der Waals surface area contributed by atoms with Crippen molar-refractivity contribution in [2.75, 3.05) is 0 Å². The molecule has 0 amide bonds. The van der Waals surface area contributed by atoms with Crippen molar-refractivity contribution in [1.82, 2.24) is 0 Å². The van der Waals surface area contributed by atoms with E-state index in [0.29, 0.717) is 17.8 Å². The first kappa shape index (κ1) is 17.1. The average Bonchev–Trinajstić information content (AvgIpc) is 2.77. The third-order valence-electron chi connectivity index (χ3n) is 8.81. The predicted molar refractivity (Wildman–Crippen MR) is 100 cm³/mol. The number of thiol groups is 2. The molecule has 4 aliphatic rings.